The lowest BCUT2D eigenvalue weighted by Gasteiger charge is -2.37. The van der Waals surface area contributed by atoms with E-state index < -0.39 is 0 Å². The normalized spacial score (nSPS) is 22.3. The van der Waals surface area contributed by atoms with Crippen LogP contribution in [0.2, 0.25) is 0 Å². The maximum atomic E-state index is 12.3. The molecule has 1 amide bonds. The Labute approximate surface area is 130 Å². The molecular formula is C16H23NO3S. The molecule has 2 unspecified atom stereocenters. The first kappa shape index (κ1) is 16.3. The second kappa shape index (κ2) is 8.41. The van der Waals surface area contributed by atoms with Crippen molar-refractivity contribution in [3.8, 4) is 0 Å². The summed E-state index contributed by atoms with van der Waals surface area (Å²) in [6, 6.07) is 10.3. The third kappa shape index (κ3) is 5.02. The summed E-state index contributed by atoms with van der Waals surface area (Å²) in [6.07, 6.45) is 1.19. The van der Waals surface area contributed by atoms with Crippen molar-refractivity contribution in [2.45, 2.75) is 36.8 Å². The van der Waals surface area contributed by atoms with Crippen LogP contribution in [-0.4, -0.2) is 53.6 Å². The van der Waals surface area contributed by atoms with E-state index in [4.69, 9.17) is 9.84 Å². The van der Waals surface area contributed by atoms with Crippen LogP contribution >= 0.6 is 11.8 Å². The molecule has 5 heteroatoms. The fraction of sp³-hybridized carbons (Fsp3) is 0.562. The minimum absolute atomic E-state index is 0.0274. The molecule has 2 rings (SSSR count). The second-order valence-corrected chi connectivity index (χ2v) is 6.47. The average Bonchev–Trinajstić information content (AvgIpc) is 2.53. The third-order valence-corrected chi connectivity index (χ3v) is 4.67. The molecule has 0 aromatic heterocycles. The summed E-state index contributed by atoms with van der Waals surface area (Å²) in [5.41, 5.74) is 0. The van der Waals surface area contributed by atoms with Crippen molar-refractivity contribution in [2.24, 2.45) is 0 Å². The Bertz CT molecular complexity index is 440. The molecule has 4 nitrogen and oxygen atoms in total. The van der Waals surface area contributed by atoms with Crippen LogP contribution in [-0.2, 0) is 9.53 Å². The van der Waals surface area contributed by atoms with Gasteiger partial charge in [-0.15, -0.1) is 11.8 Å². The van der Waals surface area contributed by atoms with Gasteiger partial charge in [-0.25, -0.2) is 0 Å². The highest BCUT2D eigenvalue weighted by molar-refractivity contribution is 7.99. The summed E-state index contributed by atoms with van der Waals surface area (Å²) in [5.74, 6) is 1.11. The van der Waals surface area contributed by atoms with Crippen molar-refractivity contribution >= 4 is 17.7 Å². The first-order chi connectivity index (χ1) is 10.2. The van der Waals surface area contributed by atoms with Gasteiger partial charge in [-0.3, -0.25) is 4.79 Å². The highest BCUT2D eigenvalue weighted by atomic mass is 32.2. The smallest absolute Gasteiger partial charge is 0.223 e. The second-order valence-electron chi connectivity index (χ2n) is 5.30. The molecule has 116 valence electrons. The largest absolute Gasteiger partial charge is 0.394 e. The van der Waals surface area contributed by atoms with Crippen LogP contribution in [0.4, 0.5) is 0 Å². The number of hydrogen-bond donors (Lipinski definition) is 1. The van der Waals surface area contributed by atoms with Gasteiger partial charge in [-0.1, -0.05) is 18.2 Å². The quantitative estimate of drug-likeness (QED) is 0.646. The van der Waals surface area contributed by atoms with Crippen molar-refractivity contribution < 1.29 is 14.6 Å². The Balaban J connectivity index is 1.71. The number of ether oxygens (including phenoxy) is 1. The molecule has 0 radical (unpaired) electrons. The zero-order valence-electron chi connectivity index (χ0n) is 12.4. The molecule has 0 saturated carbocycles. The highest BCUT2D eigenvalue weighted by Crippen LogP contribution is 2.19. The van der Waals surface area contributed by atoms with Crippen LogP contribution < -0.4 is 0 Å². The fourth-order valence-electron chi connectivity index (χ4n) is 2.35. The summed E-state index contributed by atoms with van der Waals surface area (Å²) in [6.45, 7) is 2.97. The van der Waals surface area contributed by atoms with Crippen molar-refractivity contribution in [2.75, 3.05) is 25.5 Å². The van der Waals surface area contributed by atoms with E-state index in [-0.39, 0.29) is 24.7 Å². The van der Waals surface area contributed by atoms with Gasteiger partial charge in [-0.2, -0.15) is 0 Å². The molecule has 21 heavy (non-hydrogen) atoms. The van der Waals surface area contributed by atoms with E-state index in [0.717, 1.165) is 12.2 Å². The number of carbonyl (C=O) groups is 1. The minimum Gasteiger partial charge on any atom is -0.394 e. The summed E-state index contributed by atoms with van der Waals surface area (Å²) in [7, 11) is 0. The van der Waals surface area contributed by atoms with Crippen LogP contribution in [0, 0.1) is 0 Å². The molecule has 1 aromatic rings. The molecular weight excluding hydrogens is 286 g/mol. The fourth-order valence-corrected chi connectivity index (χ4v) is 3.22. The lowest BCUT2D eigenvalue weighted by molar-refractivity contribution is -0.146. The van der Waals surface area contributed by atoms with Gasteiger partial charge in [0.25, 0.3) is 0 Å². The monoisotopic (exact) mass is 309 g/mol. The first-order valence-electron chi connectivity index (χ1n) is 7.40. The van der Waals surface area contributed by atoms with E-state index in [1.807, 2.05) is 30.0 Å². The molecule has 1 saturated heterocycles. The molecule has 1 fully saturated rings. The predicted octanol–water partition coefficient (Wildman–Crippen LogP) is 2.17. The molecule has 1 aromatic carbocycles. The lowest BCUT2D eigenvalue weighted by atomic mass is 10.1. The number of benzene rings is 1. The number of carbonyl (C=O) groups excluding carboxylic acids is 1. The number of morpholine rings is 1. The molecule has 0 bridgehead atoms. The van der Waals surface area contributed by atoms with Crippen LogP contribution in [0.1, 0.15) is 19.8 Å². The van der Waals surface area contributed by atoms with Gasteiger partial charge in [0, 0.05) is 17.9 Å². The SMILES string of the molecule is CC1COC(CO)CN1C(=O)CCCSc1ccccc1. The molecule has 1 N–H and O–H groups in total. The number of thioether (sulfide) groups is 1. The van der Waals surface area contributed by atoms with E-state index in [9.17, 15) is 4.79 Å². The van der Waals surface area contributed by atoms with Crippen molar-refractivity contribution in [1.29, 1.82) is 0 Å². The van der Waals surface area contributed by atoms with E-state index >= 15 is 0 Å². The van der Waals surface area contributed by atoms with Gasteiger partial charge in [-0.05, 0) is 31.2 Å². The Morgan fingerprint density at radius 3 is 2.90 bits per heavy atom. The lowest BCUT2D eigenvalue weighted by Crippen LogP contribution is -2.52. The highest BCUT2D eigenvalue weighted by Gasteiger charge is 2.28. The Morgan fingerprint density at radius 2 is 2.19 bits per heavy atom. The topological polar surface area (TPSA) is 49.8 Å². The third-order valence-electron chi connectivity index (χ3n) is 3.58. The van der Waals surface area contributed by atoms with E-state index in [0.29, 0.717) is 19.6 Å². The van der Waals surface area contributed by atoms with Gasteiger partial charge in [0.1, 0.15) is 0 Å². The van der Waals surface area contributed by atoms with Crippen LogP contribution in [0.5, 0.6) is 0 Å². The molecule has 0 spiro atoms. The Morgan fingerprint density at radius 1 is 1.43 bits per heavy atom. The maximum absolute atomic E-state index is 12.3. The number of rotatable bonds is 6. The zero-order valence-corrected chi connectivity index (χ0v) is 13.2. The van der Waals surface area contributed by atoms with Crippen LogP contribution in [0.3, 0.4) is 0 Å². The first-order valence-corrected chi connectivity index (χ1v) is 8.39. The van der Waals surface area contributed by atoms with Crippen molar-refractivity contribution in [1.82, 2.24) is 4.90 Å². The predicted molar refractivity (Wildman–Crippen MR) is 84.4 cm³/mol. The van der Waals surface area contributed by atoms with Crippen LogP contribution in [0.25, 0.3) is 0 Å². The minimum atomic E-state index is -0.233. The average molecular weight is 309 g/mol. The summed E-state index contributed by atoms with van der Waals surface area (Å²) < 4.78 is 5.46. The Kier molecular flexibility index (Phi) is 6.54. The van der Waals surface area contributed by atoms with E-state index in [1.165, 1.54) is 4.90 Å². The number of amides is 1. The molecule has 1 aliphatic heterocycles. The van der Waals surface area contributed by atoms with Crippen LogP contribution in [0.15, 0.2) is 35.2 Å². The number of aliphatic hydroxyl groups is 1. The van der Waals surface area contributed by atoms with Gasteiger partial charge >= 0.3 is 0 Å². The molecule has 0 aliphatic carbocycles. The van der Waals surface area contributed by atoms with Gasteiger partial charge in [0.2, 0.25) is 5.91 Å². The van der Waals surface area contributed by atoms with Gasteiger partial charge < -0.3 is 14.7 Å². The molecule has 1 aliphatic rings. The van der Waals surface area contributed by atoms with Gasteiger partial charge in [0.15, 0.2) is 0 Å². The Hall–Kier alpha value is -1.04. The molecule has 2 atom stereocenters. The maximum Gasteiger partial charge on any atom is 0.223 e. The summed E-state index contributed by atoms with van der Waals surface area (Å²) in [4.78, 5) is 15.3. The molecule has 1 heterocycles. The van der Waals surface area contributed by atoms with E-state index in [2.05, 4.69) is 12.1 Å². The number of nitrogens with zero attached hydrogens (tertiary/aromatic N) is 1. The van der Waals surface area contributed by atoms with Gasteiger partial charge in [0.05, 0.1) is 25.4 Å². The summed E-state index contributed by atoms with van der Waals surface area (Å²) in [5, 5.41) is 9.15. The number of aliphatic hydroxyl groups excluding tert-OH is 1. The standard InChI is InChI=1S/C16H23NO3S/c1-13-12-20-14(11-18)10-17(13)16(19)8-5-9-21-15-6-3-2-4-7-15/h2-4,6-7,13-14,18H,5,8-12H2,1H3. The van der Waals surface area contributed by atoms with Crippen molar-refractivity contribution in [3.05, 3.63) is 30.3 Å². The van der Waals surface area contributed by atoms with Crippen molar-refractivity contribution in [3.63, 3.8) is 0 Å². The van der Waals surface area contributed by atoms with E-state index in [1.54, 1.807) is 11.8 Å². The summed E-state index contributed by atoms with van der Waals surface area (Å²) >= 11 is 1.78. The number of hydrogen-bond acceptors (Lipinski definition) is 4. The zero-order chi connectivity index (χ0) is 15.1.